The van der Waals surface area contributed by atoms with Gasteiger partial charge in [-0.3, -0.25) is 4.79 Å². The predicted octanol–water partition coefficient (Wildman–Crippen LogP) is 4.34. The van der Waals surface area contributed by atoms with E-state index in [1.165, 1.54) is 6.07 Å². The van der Waals surface area contributed by atoms with Crippen LogP contribution >= 0.6 is 0 Å². The summed E-state index contributed by atoms with van der Waals surface area (Å²) in [5.74, 6) is -0.843. The van der Waals surface area contributed by atoms with E-state index in [1.54, 1.807) is 17.4 Å². The molecule has 1 aliphatic heterocycles. The van der Waals surface area contributed by atoms with Gasteiger partial charge in [0.15, 0.2) is 5.82 Å². The summed E-state index contributed by atoms with van der Waals surface area (Å²) in [6.45, 7) is 5.02. The van der Waals surface area contributed by atoms with E-state index in [4.69, 9.17) is 4.74 Å². The minimum atomic E-state index is -0.555. The van der Waals surface area contributed by atoms with Crippen LogP contribution in [0.25, 0.3) is 5.69 Å². The molecular weight excluding hydrogens is 542 g/mol. The molecule has 0 spiro atoms. The number of para-hydroxylation sites is 1. The summed E-state index contributed by atoms with van der Waals surface area (Å²) in [7, 11) is 0. The maximum absolute atomic E-state index is 14.4. The van der Waals surface area contributed by atoms with Gasteiger partial charge in [-0.15, -0.1) is 0 Å². The Bertz CT molecular complexity index is 1400. The van der Waals surface area contributed by atoms with Gasteiger partial charge in [0.1, 0.15) is 18.0 Å². The summed E-state index contributed by atoms with van der Waals surface area (Å²) >= 11 is 0. The number of fused-ring (bicyclic) bond motifs is 1. The van der Waals surface area contributed by atoms with Crippen LogP contribution in [0.5, 0.6) is 0 Å². The first-order valence-electron chi connectivity index (χ1n) is 14.7. The van der Waals surface area contributed by atoms with E-state index in [9.17, 15) is 18.4 Å². The highest BCUT2D eigenvalue weighted by Gasteiger charge is 2.27. The Morgan fingerprint density at radius 2 is 2.10 bits per heavy atom. The van der Waals surface area contributed by atoms with Crippen molar-refractivity contribution in [2.45, 2.75) is 64.1 Å². The van der Waals surface area contributed by atoms with Crippen LogP contribution in [-0.4, -0.2) is 64.8 Å². The van der Waals surface area contributed by atoms with Crippen molar-refractivity contribution in [1.82, 2.24) is 25.1 Å². The molecule has 1 aliphatic carbocycles. The van der Waals surface area contributed by atoms with E-state index in [0.717, 1.165) is 30.2 Å². The van der Waals surface area contributed by atoms with Crippen LogP contribution in [-0.2, 0) is 28.9 Å². The Labute approximate surface area is 244 Å². The van der Waals surface area contributed by atoms with Gasteiger partial charge < -0.3 is 30.2 Å². The van der Waals surface area contributed by atoms with Crippen LogP contribution in [0, 0.1) is 11.6 Å². The molecule has 3 N–H and O–H groups in total. The minimum absolute atomic E-state index is 0.0859. The topological polar surface area (TPSA) is 101 Å². The van der Waals surface area contributed by atoms with Crippen molar-refractivity contribution in [3.63, 3.8) is 0 Å². The average Bonchev–Trinajstić information content (AvgIpc) is 3.44. The van der Waals surface area contributed by atoms with Gasteiger partial charge in [0, 0.05) is 38.3 Å². The number of hydrogen-bond donors (Lipinski definition) is 3. The first-order valence-corrected chi connectivity index (χ1v) is 14.7. The highest BCUT2D eigenvalue weighted by molar-refractivity contribution is 5.94. The van der Waals surface area contributed by atoms with Gasteiger partial charge in [-0.25, -0.2) is 18.6 Å². The second-order valence-electron chi connectivity index (χ2n) is 10.9. The zero-order valence-electron chi connectivity index (χ0n) is 23.9. The van der Waals surface area contributed by atoms with Gasteiger partial charge in [-0.05, 0) is 60.9 Å². The second kappa shape index (κ2) is 13.9. The van der Waals surface area contributed by atoms with Crippen LogP contribution in [0.1, 0.15) is 49.3 Å². The van der Waals surface area contributed by atoms with E-state index in [0.29, 0.717) is 75.4 Å². The number of ether oxygens (including phenoxy) is 1. The van der Waals surface area contributed by atoms with Crippen LogP contribution in [0.3, 0.4) is 0 Å². The summed E-state index contributed by atoms with van der Waals surface area (Å²) in [5, 5.41) is 9.75. The van der Waals surface area contributed by atoms with Gasteiger partial charge in [0.25, 0.3) is 0 Å². The lowest BCUT2D eigenvalue weighted by molar-refractivity contribution is -0.118. The first-order chi connectivity index (χ1) is 20.4. The summed E-state index contributed by atoms with van der Waals surface area (Å²) in [6.07, 6.45) is 7.12. The zero-order chi connectivity index (χ0) is 29.5. The Balaban J connectivity index is 1.17. The smallest absolute Gasteiger partial charge is 0.409 e. The van der Waals surface area contributed by atoms with Crippen LogP contribution in [0.2, 0.25) is 0 Å². The van der Waals surface area contributed by atoms with Crippen LogP contribution in [0.15, 0.2) is 48.9 Å². The number of nitrogens with one attached hydrogen (secondary N) is 3. The van der Waals surface area contributed by atoms with E-state index in [2.05, 4.69) is 20.9 Å². The largest absolute Gasteiger partial charge is 0.449 e. The summed E-state index contributed by atoms with van der Waals surface area (Å²) in [4.78, 5) is 31.2. The molecular formula is C31H38F2N6O3. The number of rotatable bonds is 12. The fourth-order valence-corrected chi connectivity index (χ4v) is 5.67. The Morgan fingerprint density at radius 3 is 2.93 bits per heavy atom. The second-order valence-corrected chi connectivity index (χ2v) is 10.9. The fraction of sp³-hybridized carbons (Fsp3) is 0.452. The first kappa shape index (κ1) is 29.7. The molecule has 0 radical (unpaired) electrons. The number of halogens is 2. The molecule has 1 fully saturated rings. The van der Waals surface area contributed by atoms with Crippen molar-refractivity contribution in [3.05, 3.63) is 77.2 Å². The summed E-state index contributed by atoms with van der Waals surface area (Å²) in [5.41, 5.74) is 3.20. The number of cyclic esters (lactones) is 1. The van der Waals surface area contributed by atoms with Gasteiger partial charge >= 0.3 is 6.09 Å². The third-order valence-electron chi connectivity index (χ3n) is 7.83. The SMILES string of the molecule is CCC[C@@H](N[C@H]1CCc2cc(F)cc(F)c2C1)C(=O)Nc1cn(-c2ccccc2CNCCN2CCCOC2=O)cn1. The average molecular weight is 581 g/mol. The van der Waals surface area contributed by atoms with Crippen molar-refractivity contribution >= 4 is 17.8 Å². The molecule has 9 nitrogen and oxygen atoms in total. The standard InChI is InChI=1S/C31H38F2N6O3/c1-2-6-27(36-24-10-9-21-15-23(32)16-26(33)25(21)17-24)30(40)37-29-19-39(20-35-29)28-8-4-3-7-22(28)18-34-11-13-38-12-5-14-42-31(38)41/h3-4,7-8,15-16,19-20,24,27,34,36H,2,5-6,9-14,17-18H2,1H3,(H,37,40)/t24-,27+/m0/s1. The Hall–Kier alpha value is -3.83. The number of nitrogens with zero attached hydrogens (tertiary/aromatic N) is 3. The molecule has 2 atom stereocenters. The quantitative estimate of drug-likeness (QED) is 0.276. The predicted molar refractivity (Wildman–Crippen MR) is 155 cm³/mol. The highest BCUT2D eigenvalue weighted by atomic mass is 19.1. The molecule has 11 heteroatoms. The third kappa shape index (κ3) is 7.32. The zero-order valence-corrected chi connectivity index (χ0v) is 23.9. The molecule has 0 unspecified atom stereocenters. The molecule has 2 aliphatic rings. The maximum atomic E-state index is 14.4. The number of carbonyl (C=O) groups excluding carboxylic acids is 2. The molecule has 5 rings (SSSR count). The monoisotopic (exact) mass is 580 g/mol. The number of aryl methyl sites for hydroxylation is 1. The van der Waals surface area contributed by atoms with Crippen molar-refractivity contribution in [1.29, 1.82) is 0 Å². The molecule has 2 amide bonds. The fourth-order valence-electron chi connectivity index (χ4n) is 5.67. The molecule has 3 aromatic rings. The third-order valence-corrected chi connectivity index (χ3v) is 7.83. The molecule has 0 saturated carbocycles. The number of hydrogen-bond acceptors (Lipinski definition) is 6. The lowest BCUT2D eigenvalue weighted by Crippen LogP contribution is -2.48. The molecule has 42 heavy (non-hydrogen) atoms. The Kier molecular flexibility index (Phi) is 9.81. The van der Waals surface area contributed by atoms with Crippen molar-refractivity contribution in [2.24, 2.45) is 0 Å². The summed E-state index contributed by atoms with van der Waals surface area (Å²) < 4.78 is 35.0. The number of imidazole rings is 1. The van der Waals surface area contributed by atoms with Gasteiger partial charge in [0.05, 0.1) is 24.5 Å². The number of aromatic nitrogens is 2. The number of anilines is 1. The van der Waals surface area contributed by atoms with Crippen molar-refractivity contribution in [2.75, 3.05) is 31.6 Å². The number of carbonyl (C=O) groups is 2. The van der Waals surface area contributed by atoms with E-state index in [1.807, 2.05) is 35.8 Å². The number of benzene rings is 2. The lowest BCUT2D eigenvalue weighted by atomic mass is 9.87. The van der Waals surface area contributed by atoms with E-state index < -0.39 is 17.7 Å². The summed E-state index contributed by atoms with van der Waals surface area (Å²) in [6, 6.07) is 9.70. The van der Waals surface area contributed by atoms with E-state index >= 15 is 0 Å². The molecule has 2 aromatic carbocycles. The van der Waals surface area contributed by atoms with Gasteiger partial charge in [0.2, 0.25) is 5.91 Å². The molecule has 1 saturated heterocycles. The van der Waals surface area contributed by atoms with Crippen molar-refractivity contribution < 1.29 is 23.1 Å². The number of amides is 2. The molecule has 1 aromatic heterocycles. The van der Waals surface area contributed by atoms with Crippen LogP contribution < -0.4 is 16.0 Å². The highest BCUT2D eigenvalue weighted by Crippen LogP contribution is 2.26. The van der Waals surface area contributed by atoms with Gasteiger partial charge in [-0.1, -0.05) is 31.5 Å². The normalized spacial score (nSPS) is 17.5. The van der Waals surface area contributed by atoms with Crippen molar-refractivity contribution in [3.8, 4) is 5.69 Å². The van der Waals surface area contributed by atoms with Gasteiger partial charge in [-0.2, -0.15) is 0 Å². The maximum Gasteiger partial charge on any atom is 0.409 e. The van der Waals surface area contributed by atoms with E-state index in [-0.39, 0.29) is 18.0 Å². The van der Waals surface area contributed by atoms with Crippen LogP contribution in [0.4, 0.5) is 19.4 Å². The Morgan fingerprint density at radius 1 is 1.24 bits per heavy atom. The lowest BCUT2D eigenvalue weighted by Gasteiger charge is -2.29. The molecule has 0 bridgehead atoms. The molecule has 2 heterocycles. The minimum Gasteiger partial charge on any atom is -0.449 e. The molecule has 224 valence electrons.